The van der Waals surface area contributed by atoms with Crippen LogP contribution in [0.5, 0.6) is 0 Å². The Morgan fingerprint density at radius 2 is 1.88 bits per heavy atom. The molecule has 2 aromatic rings. The Kier molecular flexibility index (Phi) is 4.05. The fourth-order valence-corrected chi connectivity index (χ4v) is 4.21. The van der Waals surface area contributed by atoms with E-state index in [4.69, 9.17) is 4.98 Å². The van der Waals surface area contributed by atoms with Crippen LogP contribution < -0.4 is 0 Å². The summed E-state index contributed by atoms with van der Waals surface area (Å²) in [4.78, 5) is 20.1. The Morgan fingerprint density at radius 1 is 1.20 bits per heavy atom. The SMILES string of the molecule is Cc1nn(C)c2nc(C3CC3)cc(C(=O)N(C)C3CCC(C)CC3)c12. The molecule has 0 spiro atoms. The molecule has 0 radical (unpaired) electrons. The van der Waals surface area contributed by atoms with Crippen molar-refractivity contribution < 1.29 is 4.79 Å². The number of aryl methyl sites for hydroxylation is 2. The van der Waals surface area contributed by atoms with Gasteiger partial charge in [-0.25, -0.2) is 4.98 Å². The van der Waals surface area contributed by atoms with E-state index < -0.39 is 0 Å². The van der Waals surface area contributed by atoms with Crippen molar-refractivity contribution >= 4 is 16.9 Å². The highest BCUT2D eigenvalue weighted by atomic mass is 16.2. The summed E-state index contributed by atoms with van der Waals surface area (Å²) >= 11 is 0. The van der Waals surface area contributed by atoms with E-state index in [-0.39, 0.29) is 5.91 Å². The number of amides is 1. The van der Waals surface area contributed by atoms with Crippen LogP contribution in [0.3, 0.4) is 0 Å². The Bertz CT molecular complexity index is 813. The lowest BCUT2D eigenvalue weighted by Gasteiger charge is -2.33. The molecule has 2 saturated carbocycles. The van der Waals surface area contributed by atoms with Crippen molar-refractivity contribution in [2.45, 2.75) is 64.3 Å². The molecule has 0 unspecified atom stereocenters. The summed E-state index contributed by atoms with van der Waals surface area (Å²) in [5.41, 5.74) is 3.58. The number of hydrogen-bond acceptors (Lipinski definition) is 3. The molecule has 0 aromatic carbocycles. The third-order valence-corrected chi connectivity index (χ3v) is 6.07. The van der Waals surface area contributed by atoms with Gasteiger partial charge in [0, 0.05) is 31.7 Å². The van der Waals surface area contributed by atoms with E-state index in [1.165, 1.54) is 25.7 Å². The van der Waals surface area contributed by atoms with Gasteiger partial charge in [0.15, 0.2) is 5.65 Å². The molecule has 1 amide bonds. The van der Waals surface area contributed by atoms with Gasteiger partial charge < -0.3 is 4.90 Å². The van der Waals surface area contributed by atoms with Crippen molar-refractivity contribution in [2.24, 2.45) is 13.0 Å². The highest BCUT2D eigenvalue weighted by Crippen LogP contribution is 2.40. The van der Waals surface area contributed by atoms with E-state index in [9.17, 15) is 4.79 Å². The lowest BCUT2D eigenvalue weighted by atomic mass is 9.86. The molecule has 4 rings (SSSR count). The minimum Gasteiger partial charge on any atom is -0.339 e. The Morgan fingerprint density at radius 3 is 2.52 bits per heavy atom. The molecule has 25 heavy (non-hydrogen) atoms. The average Bonchev–Trinajstić information content (AvgIpc) is 3.41. The molecule has 0 aliphatic heterocycles. The van der Waals surface area contributed by atoms with Gasteiger partial charge in [0.2, 0.25) is 0 Å². The number of rotatable bonds is 3. The van der Waals surface area contributed by atoms with Crippen LogP contribution in [0.2, 0.25) is 0 Å². The van der Waals surface area contributed by atoms with Gasteiger partial charge in [-0.05, 0) is 57.4 Å². The zero-order valence-corrected chi connectivity index (χ0v) is 15.7. The van der Waals surface area contributed by atoms with Crippen LogP contribution in [-0.2, 0) is 7.05 Å². The number of carbonyl (C=O) groups is 1. The second kappa shape index (κ2) is 6.11. The minimum atomic E-state index is 0.130. The predicted octanol–water partition coefficient (Wildman–Crippen LogP) is 3.80. The highest BCUT2D eigenvalue weighted by Gasteiger charge is 2.31. The Hall–Kier alpha value is -1.91. The van der Waals surface area contributed by atoms with Gasteiger partial charge >= 0.3 is 0 Å². The lowest BCUT2D eigenvalue weighted by molar-refractivity contribution is 0.0681. The molecule has 2 aliphatic carbocycles. The van der Waals surface area contributed by atoms with Crippen molar-refractivity contribution in [3.63, 3.8) is 0 Å². The zero-order valence-electron chi connectivity index (χ0n) is 15.7. The average molecular weight is 340 g/mol. The zero-order chi connectivity index (χ0) is 17.7. The van der Waals surface area contributed by atoms with Crippen LogP contribution in [-0.4, -0.2) is 38.7 Å². The molecule has 5 heteroatoms. The second-order valence-electron chi connectivity index (χ2n) is 8.11. The standard InChI is InChI=1S/C20H28N4O/c1-12-5-9-15(10-6-12)23(3)20(25)16-11-17(14-7-8-14)21-19-18(16)13(2)22-24(19)4/h11-12,14-15H,5-10H2,1-4H3. The maximum absolute atomic E-state index is 13.4. The van der Waals surface area contributed by atoms with Crippen LogP contribution >= 0.6 is 0 Å². The Balaban J connectivity index is 1.73. The Labute approximate surface area is 149 Å². The van der Waals surface area contributed by atoms with Crippen molar-refractivity contribution in [3.8, 4) is 0 Å². The number of aromatic nitrogens is 3. The summed E-state index contributed by atoms with van der Waals surface area (Å²) in [6, 6.07) is 2.40. The van der Waals surface area contributed by atoms with Gasteiger partial charge in [0.25, 0.3) is 5.91 Å². The first kappa shape index (κ1) is 16.6. The normalized spacial score (nSPS) is 23.8. The van der Waals surface area contributed by atoms with Gasteiger partial charge in [-0.15, -0.1) is 0 Å². The first-order chi connectivity index (χ1) is 12.0. The molecule has 5 nitrogen and oxygen atoms in total. The number of hydrogen-bond donors (Lipinski definition) is 0. The summed E-state index contributed by atoms with van der Waals surface area (Å²) in [6.45, 7) is 4.28. The second-order valence-corrected chi connectivity index (χ2v) is 8.11. The summed E-state index contributed by atoms with van der Waals surface area (Å²) in [7, 11) is 3.89. The van der Waals surface area contributed by atoms with Crippen molar-refractivity contribution in [2.75, 3.05) is 7.05 Å². The fourth-order valence-electron chi connectivity index (χ4n) is 4.21. The smallest absolute Gasteiger partial charge is 0.254 e. The first-order valence-corrected chi connectivity index (χ1v) is 9.57. The monoisotopic (exact) mass is 340 g/mol. The maximum atomic E-state index is 13.4. The van der Waals surface area contributed by atoms with E-state index in [0.29, 0.717) is 12.0 Å². The van der Waals surface area contributed by atoms with Crippen LogP contribution in [0, 0.1) is 12.8 Å². The first-order valence-electron chi connectivity index (χ1n) is 9.57. The van der Waals surface area contributed by atoms with Gasteiger partial charge in [-0.1, -0.05) is 6.92 Å². The summed E-state index contributed by atoms with van der Waals surface area (Å²) in [6.07, 6.45) is 7.01. The van der Waals surface area contributed by atoms with E-state index in [0.717, 1.165) is 46.7 Å². The largest absolute Gasteiger partial charge is 0.339 e. The molecule has 0 saturated heterocycles. The molecular formula is C20H28N4O. The summed E-state index contributed by atoms with van der Waals surface area (Å²) in [5, 5.41) is 5.44. The molecule has 0 bridgehead atoms. The van der Waals surface area contributed by atoms with E-state index in [1.54, 1.807) is 0 Å². The number of carbonyl (C=O) groups excluding carboxylic acids is 1. The minimum absolute atomic E-state index is 0.130. The molecule has 0 atom stereocenters. The topological polar surface area (TPSA) is 51.0 Å². The molecule has 2 fully saturated rings. The molecular weight excluding hydrogens is 312 g/mol. The molecule has 2 heterocycles. The van der Waals surface area contributed by atoms with Crippen molar-refractivity contribution in [3.05, 3.63) is 23.0 Å². The lowest BCUT2D eigenvalue weighted by Crippen LogP contribution is -2.39. The van der Waals surface area contributed by atoms with E-state index >= 15 is 0 Å². The van der Waals surface area contributed by atoms with Crippen LogP contribution in [0.15, 0.2) is 6.07 Å². The van der Waals surface area contributed by atoms with Gasteiger partial charge in [-0.2, -0.15) is 5.10 Å². The van der Waals surface area contributed by atoms with E-state index in [1.807, 2.05) is 36.7 Å². The predicted molar refractivity (Wildman–Crippen MR) is 98.7 cm³/mol. The van der Waals surface area contributed by atoms with Crippen LogP contribution in [0.25, 0.3) is 11.0 Å². The number of fused-ring (bicyclic) bond motifs is 1. The van der Waals surface area contributed by atoms with Gasteiger partial charge in [-0.3, -0.25) is 9.48 Å². The molecule has 2 aliphatic rings. The van der Waals surface area contributed by atoms with Gasteiger partial charge in [0.05, 0.1) is 16.6 Å². The molecule has 2 aromatic heterocycles. The van der Waals surface area contributed by atoms with Crippen LogP contribution in [0.4, 0.5) is 0 Å². The van der Waals surface area contributed by atoms with E-state index in [2.05, 4.69) is 12.0 Å². The number of nitrogens with zero attached hydrogens (tertiary/aromatic N) is 4. The van der Waals surface area contributed by atoms with Crippen LogP contribution in [0.1, 0.15) is 73.1 Å². The summed E-state index contributed by atoms with van der Waals surface area (Å²) in [5.74, 6) is 1.44. The van der Waals surface area contributed by atoms with Crippen molar-refractivity contribution in [1.29, 1.82) is 0 Å². The number of pyridine rings is 1. The third kappa shape index (κ3) is 2.94. The van der Waals surface area contributed by atoms with Crippen molar-refractivity contribution in [1.82, 2.24) is 19.7 Å². The maximum Gasteiger partial charge on any atom is 0.254 e. The fraction of sp³-hybridized carbons (Fsp3) is 0.650. The summed E-state index contributed by atoms with van der Waals surface area (Å²) < 4.78 is 1.82. The quantitative estimate of drug-likeness (QED) is 0.854. The third-order valence-electron chi connectivity index (χ3n) is 6.07. The molecule has 134 valence electrons. The molecule has 0 N–H and O–H groups in total. The highest BCUT2D eigenvalue weighted by molar-refractivity contribution is 6.06. The van der Waals surface area contributed by atoms with Gasteiger partial charge in [0.1, 0.15) is 0 Å².